The molecular weight excluding hydrogens is 327 g/mol. The number of esters is 1. The number of carbonyl (C=O) groups is 2. The zero-order valence-electron chi connectivity index (χ0n) is 14.2. The maximum atomic E-state index is 13.4. The number of aromatic amines is 1. The van der Waals surface area contributed by atoms with Crippen LogP contribution in [0.3, 0.4) is 0 Å². The van der Waals surface area contributed by atoms with Crippen LogP contribution in [0.1, 0.15) is 36.8 Å². The van der Waals surface area contributed by atoms with Crippen LogP contribution in [0.25, 0.3) is 10.9 Å². The topological polar surface area (TPSA) is 80.4 Å². The number of H-pyrrole nitrogens is 1. The zero-order valence-corrected chi connectivity index (χ0v) is 14.2. The maximum Gasteiger partial charge on any atom is 0.407 e. The molecule has 1 amide bonds. The first-order valence-electron chi connectivity index (χ1n) is 7.63. The lowest BCUT2D eigenvalue weighted by molar-refractivity contribution is 0.0430. The number of carbonyl (C=O) groups excluding carboxylic acids is 2. The van der Waals surface area contributed by atoms with Gasteiger partial charge in [-0.3, -0.25) is 0 Å². The molecule has 0 atom stereocenters. The number of halogens is 1. The summed E-state index contributed by atoms with van der Waals surface area (Å²) >= 11 is 0. The predicted octanol–water partition coefficient (Wildman–Crippen LogP) is 2.97. The second-order valence-electron chi connectivity index (χ2n) is 6.27. The molecule has 0 spiro atoms. The molecule has 132 valence electrons. The molecule has 0 fully saturated rings. The van der Waals surface area contributed by atoms with Crippen molar-refractivity contribution < 1.29 is 23.5 Å². The van der Waals surface area contributed by atoms with E-state index in [1.54, 1.807) is 20.8 Å². The number of amides is 1. The van der Waals surface area contributed by atoms with Crippen LogP contribution in [0, 0.1) is 18.2 Å². The molecule has 0 bridgehead atoms. The molecule has 1 aromatic carbocycles. The molecule has 25 heavy (non-hydrogen) atoms. The van der Waals surface area contributed by atoms with Crippen molar-refractivity contribution in [3.05, 3.63) is 35.3 Å². The van der Waals surface area contributed by atoms with Gasteiger partial charge < -0.3 is 19.8 Å². The van der Waals surface area contributed by atoms with E-state index in [9.17, 15) is 14.0 Å². The minimum atomic E-state index is -0.685. The third kappa shape index (κ3) is 4.73. The van der Waals surface area contributed by atoms with Crippen molar-refractivity contribution in [2.75, 3.05) is 13.2 Å². The standard InChI is InChI=1S/C18H19FN2O4/c1-5-12-13-10-11(19)6-7-14(13)21-15(12)16(22)24-9-8-20-17(23)25-18(2,3)4/h1,6-7,10,21H,8-9H2,2-4H3,(H,20,23). The van der Waals surface area contributed by atoms with Gasteiger partial charge in [0.2, 0.25) is 0 Å². The zero-order chi connectivity index (χ0) is 18.6. The van der Waals surface area contributed by atoms with Crippen LogP contribution in [-0.2, 0) is 9.47 Å². The molecule has 0 aliphatic heterocycles. The van der Waals surface area contributed by atoms with Crippen LogP contribution in [0.2, 0.25) is 0 Å². The minimum Gasteiger partial charge on any atom is -0.459 e. The predicted molar refractivity (Wildman–Crippen MR) is 90.7 cm³/mol. The molecule has 1 heterocycles. The Balaban J connectivity index is 1.97. The molecule has 0 radical (unpaired) electrons. The second kappa shape index (κ2) is 7.26. The van der Waals surface area contributed by atoms with E-state index < -0.39 is 23.5 Å². The number of hydrogen-bond donors (Lipinski definition) is 2. The number of ether oxygens (including phenoxy) is 2. The van der Waals surface area contributed by atoms with Gasteiger partial charge in [-0.05, 0) is 39.0 Å². The van der Waals surface area contributed by atoms with Crippen LogP contribution in [0.15, 0.2) is 18.2 Å². The molecule has 0 aliphatic carbocycles. The first kappa shape index (κ1) is 18.3. The summed E-state index contributed by atoms with van der Waals surface area (Å²) in [6, 6.07) is 4.01. The quantitative estimate of drug-likeness (QED) is 0.507. The lowest BCUT2D eigenvalue weighted by atomic mass is 10.1. The molecular formula is C18H19FN2O4. The molecule has 1 aromatic heterocycles. The molecule has 0 saturated heterocycles. The van der Waals surface area contributed by atoms with E-state index >= 15 is 0 Å². The summed E-state index contributed by atoms with van der Waals surface area (Å²) in [6.45, 7) is 5.25. The molecule has 0 aliphatic rings. The first-order chi connectivity index (χ1) is 11.7. The van der Waals surface area contributed by atoms with Crippen LogP contribution < -0.4 is 5.32 Å². The monoisotopic (exact) mass is 346 g/mol. The fourth-order valence-electron chi connectivity index (χ4n) is 2.15. The average molecular weight is 346 g/mol. The Bertz CT molecular complexity index is 843. The normalized spacial score (nSPS) is 11.0. The van der Waals surface area contributed by atoms with Crippen LogP contribution >= 0.6 is 0 Å². The number of rotatable bonds is 4. The highest BCUT2D eigenvalue weighted by Gasteiger charge is 2.19. The van der Waals surface area contributed by atoms with E-state index in [1.165, 1.54) is 18.2 Å². The number of benzene rings is 1. The van der Waals surface area contributed by atoms with Crippen molar-refractivity contribution in [1.82, 2.24) is 10.3 Å². The van der Waals surface area contributed by atoms with E-state index in [2.05, 4.69) is 16.2 Å². The maximum absolute atomic E-state index is 13.4. The van der Waals surface area contributed by atoms with Gasteiger partial charge in [0.25, 0.3) is 0 Å². The molecule has 0 saturated carbocycles. The Morgan fingerprint density at radius 3 is 2.72 bits per heavy atom. The van der Waals surface area contributed by atoms with Crippen LogP contribution in [0.4, 0.5) is 9.18 Å². The molecule has 2 aromatic rings. The highest BCUT2D eigenvalue weighted by atomic mass is 19.1. The molecule has 2 rings (SSSR count). The number of hydrogen-bond acceptors (Lipinski definition) is 4. The summed E-state index contributed by atoms with van der Waals surface area (Å²) in [7, 11) is 0. The van der Waals surface area contributed by atoms with Crippen molar-refractivity contribution in [2.45, 2.75) is 26.4 Å². The summed E-state index contributed by atoms with van der Waals surface area (Å²) in [4.78, 5) is 26.5. The number of nitrogens with one attached hydrogen (secondary N) is 2. The van der Waals surface area contributed by atoms with Gasteiger partial charge in [-0.1, -0.05) is 5.92 Å². The van der Waals surface area contributed by atoms with Gasteiger partial charge >= 0.3 is 12.1 Å². The highest BCUT2D eigenvalue weighted by molar-refractivity contribution is 6.00. The van der Waals surface area contributed by atoms with Gasteiger partial charge in [0.05, 0.1) is 12.1 Å². The number of aromatic nitrogens is 1. The lowest BCUT2D eigenvalue weighted by Crippen LogP contribution is -2.34. The fourth-order valence-corrected chi connectivity index (χ4v) is 2.15. The van der Waals surface area contributed by atoms with E-state index in [0.717, 1.165) is 0 Å². The van der Waals surface area contributed by atoms with Gasteiger partial charge in [0.1, 0.15) is 23.7 Å². The molecule has 2 N–H and O–H groups in total. The van der Waals surface area contributed by atoms with Gasteiger partial charge in [0, 0.05) is 10.9 Å². The Kier molecular flexibility index (Phi) is 5.32. The number of alkyl carbamates (subject to hydrolysis) is 1. The highest BCUT2D eigenvalue weighted by Crippen LogP contribution is 2.23. The summed E-state index contributed by atoms with van der Waals surface area (Å²) in [5.41, 5.74) is 0.232. The van der Waals surface area contributed by atoms with Crippen molar-refractivity contribution in [1.29, 1.82) is 0 Å². The number of terminal acetylenes is 1. The summed E-state index contributed by atoms with van der Waals surface area (Å²) in [5, 5.41) is 2.90. The van der Waals surface area contributed by atoms with Crippen molar-refractivity contribution in [3.63, 3.8) is 0 Å². The van der Waals surface area contributed by atoms with E-state index in [4.69, 9.17) is 15.9 Å². The minimum absolute atomic E-state index is 0.0637. The van der Waals surface area contributed by atoms with Crippen molar-refractivity contribution >= 4 is 23.0 Å². The van der Waals surface area contributed by atoms with Gasteiger partial charge in [0.15, 0.2) is 0 Å². The van der Waals surface area contributed by atoms with Gasteiger partial charge in [-0.15, -0.1) is 6.42 Å². The Labute approximate surface area is 144 Å². The lowest BCUT2D eigenvalue weighted by Gasteiger charge is -2.19. The van der Waals surface area contributed by atoms with Crippen LogP contribution in [0.5, 0.6) is 0 Å². The Morgan fingerprint density at radius 2 is 2.08 bits per heavy atom. The first-order valence-corrected chi connectivity index (χ1v) is 7.63. The Hall–Kier alpha value is -3.01. The van der Waals surface area contributed by atoms with Crippen molar-refractivity contribution in [3.8, 4) is 12.3 Å². The second-order valence-corrected chi connectivity index (χ2v) is 6.27. The largest absolute Gasteiger partial charge is 0.459 e. The smallest absolute Gasteiger partial charge is 0.407 e. The molecule has 6 nitrogen and oxygen atoms in total. The summed E-state index contributed by atoms with van der Waals surface area (Å²) in [6.07, 6.45) is 4.83. The van der Waals surface area contributed by atoms with E-state index in [0.29, 0.717) is 10.9 Å². The Morgan fingerprint density at radius 1 is 1.36 bits per heavy atom. The van der Waals surface area contributed by atoms with Gasteiger partial charge in [-0.2, -0.15) is 0 Å². The third-order valence-corrected chi connectivity index (χ3v) is 3.11. The van der Waals surface area contributed by atoms with E-state index in [-0.39, 0.29) is 24.4 Å². The molecule has 0 unspecified atom stereocenters. The van der Waals surface area contributed by atoms with Crippen molar-refractivity contribution in [2.24, 2.45) is 0 Å². The fraction of sp³-hybridized carbons (Fsp3) is 0.333. The molecule has 7 heteroatoms. The summed E-state index contributed by atoms with van der Waals surface area (Å²) < 4.78 is 23.5. The number of fused-ring (bicyclic) bond motifs is 1. The summed E-state index contributed by atoms with van der Waals surface area (Å²) in [5.74, 6) is 1.23. The van der Waals surface area contributed by atoms with Crippen LogP contribution in [-0.4, -0.2) is 35.8 Å². The average Bonchev–Trinajstić information content (AvgIpc) is 2.87. The SMILES string of the molecule is C#Cc1c(C(=O)OCCNC(=O)OC(C)(C)C)[nH]c2ccc(F)cc12. The van der Waals surface area contributed by atoms with Gasteiger partial charge in [-0.25, -0.2) is 14.0 Å². The third-order valence-electron chi connectivity index (χ3n) is 3.11. The van der Waals surface area contributed by atoms with E-state index in [1.807, 2.05) is 0 Å².